The van der Waals surface area contributed by atoms with Crippen LogP contribution >= 0.6 is 0 Å². The standard InChI is InChI=1S/C15H20N.Yb/c1-4-13-7-5-6-8-15(13)16-14-9-11(2)12(3)10-14;/h5-8,11H,4,9-10H2,1-3H3;/q-1;. The number of benzene rings is 1. The van der Waals surface area contributed by atoms with Crippen molar-refractivity contribution in [2.24, 2.45) is 10.9 Å². The zero-order valence-corrected chi connectivity index (χ0v) is 12.4. The van der Waals surface area contributed by atoms with Crippen molar-refractivity contribution in [1.29, 1.82) is 0 Å². The molecule has 2 heteroatoms. The second-order valence-corrected chi connectivity index (χ2v) is 4.79. The quantitative estimate of drug-likeness (QED) is 0.670. The topological polar surface area (TPSA) is 12.4 Å². The van der Waals surface area contributed by atoms with E-state index in [0.717, 1.165) is 19.3 Å². The van der Waals surface area contributed by atoms with Gasteiger partial charge in [0.2, 0.25) is 0 Å². The van der Waals surface area contributed by atoms with E-state index in [1.54, 1.807) is 5.92 Å². The van der Waals surface area contributed by atoms with Crippen molar-refractivity contribution in [3.8, 4) is 0 Å². The molecule has 0 aliphatic heterocycles. The molecule has 1 fully saturated rings. The molecule has 0 amide bonds. The molecule has 0 N–H and O–H groups in total. The van der Waals surface area contributed by atoms with Crippen molar-refractivity contribution in [2.75, 3.05) is 0 Å². The van der Waals surface area contributed by atoms with Crippen molar-refractivity contribution in [3.63, 3.8) is 0 Å². The summed E-state index contributed by atoms with van der Waals surface area (Å²) in [4.78, 5) is 4.83. The van der Waals surface area contributed by atoms with E-state index >= 15 is 0 Å². The second-order valence-electron chi connectivity index (χ2n) is 4.79. The fourth-order valence-corrected chi connectivity index (χ4v) is 2.27. The maximum absolute atomic E-state index is 4.83. The predicted octanol–water partition coefficient (Wildman–Crippen LogP) is 4.35. The van der Waals surface area contributed by atoms with Gasteiger partial charge in [0.1, 0.15) is 0 Å². The molecule has 17 heavy (non-hydrogen) atoms. The summed E-state index contributed by atoms with van der Waals surface area (Å²) < 4.78 is 0. The summed E-state index contributed by atoms with van der Waals surface area (Å²) in [5.74, 6) is 2.29. The van der Waals surface area contributed by atoms with E-state index < -0.39 is 0 Å². The maximum Gasteiger partial charge on any atom is 0.0659 e. The third kappa shape index (κ3) is 3.94. The van der Waals surface area contributed by atoms with Crippen LogP contribution in [0.3, 0.4) is 0 Å². The van der Waals surface area contributed by atoms with Crippen LogP contribution < -0.4 is 0 Å². The minimum Gasteiger partial charge on any atom is -0.308 e. The van der Waals surface area contributed by atoms with Crippen LogP contribution in [-0.2, 0) is 6.42 Å². The van der Waals surface area contributed by atoms with E-state index in [0.29, 0.717) is 5.92 Å². The molecule has 0 heterocycles. The fraction of sp³-hybridized carbons (Fsp3) is 0.467. The Morgan fingerprint density at radius 2 is 2.06 bits per heavy atom. The smallest absolute Gasteiger partial charge is 0.0659 e. The van der Waals surface area contributed by atoms with Crippen molar-refractivity contribution >= 4 is 11.4 Å². The SMILES string of the molecule is CCc1ccccc1N=C1C[C-](C)C(C)C1.[Yb]. The largest absolute Gasteiger partial charge is 0.308 e. The summed E-state index contributed by atoms with van der Waals surface area (Å²) in [6.45, 7) is 6.73. The average molecular weight is 387 g/mol. The minimum atomic E-state index is 0. The number of hydrogen-bond donors (Lipinski definition) is 0. The molecule has 100 valence electrons. The molecule has 0 spiro atoms. The molecule has 1 unspecified atom stereocenters. The minimum absolute atomic E-state index is 0. The monoisotopic (exact) mass is 388 g/mol. The first kappa shape index (κ1) is 15.5. The zero-order valence-electron chi connectivity index (χ0n) is 10.7. The van der Waals surface area contributed by atoms with Gasteiger partial charge >= 0.3 is 0 Å². The fourth-order valence-electron chi connectivity index (χ4n) is 2.27. The van der Waals surface area contributed by atoms with Gasteiger partial charge in [-0.25, -0.2) is 0 Å². The summed E-state index contributed by atoms with van der Waals surface area (Å²) in [5, 5.41) is 0. The van der Waals surface area contributed by atoms with Gasteiger partial charge in [-0.15, -0.1) is 6.42 Å². The molecular formula is C15H20NYb-. The summed E-state index contributed by atoms with van der Waals surface area (Å²) >= 11 is 0. The summed E-state index contributed by atoms with van der Waals surface area (Å²) in [5.41, 5.74) is 3.88. The van der Waals surface area contributed by atoms with Crippen LogP contribution in [0.2, 0.25) is 0 Å². The van der Waals surface area contributed by atoms with Crippen molar-refractivity contribution < 1.29 is 46.9 Å². The Morgan fingerprint density at radius 1 is 1.35 bits per heavy atom. The van der Waals surface area contributed by atoms with Crippen molar-refractivity contribution in [2.45, 2.75) is 40.0 Å². The molecule has 1 aliphatic rings. The molecular weight excluding hydrogens is 367 g/mol. The molecule has 2 rings (SSSR count). The molecule has 1 aliphatic carbocycles. The zero-order chi connectivity index (χ0) is 11.5. The van der Waals surface area contributed by atoms with E-state index in [1.165, 1.54) is 17.0 Å². The third-order valence-corrected chi connectivity index (χ3v) is 3.52. The van der Waals surface area contributed by atoms with Crippen LogP contribution in [0.5, 0.6) is 0 Å². The van der Waals surface area contributed by atoms with Crippen LogP contribution in [0.25, 0.3) is 0 Å². The van der Waals surface area contributed by atoms with Gasteiger partial charge in [0.15, 0.2) is 0 Å². The van der Waals surface area contributed by atoms with E-state index in [9.17, 15) is 0 Å². The van der Waals surface area contributed by atoms with E-state index in [-0.39, 0.29) is 46.9 Å². The van der Waals surface area contributed by atoms with Gasteiger partial charge in [0.25, 0.3) is 0 Å². The number of para-hydroxylation sites is 1. The van der Waals surface area contributed by atoms with Crippen molar-refractivity contribution in [3.05, 3.63) is 35.7 Å². The van der Waals surface area contributed by atoms with Gasteiger partial charge in [-0.1, -0.05) is 32.0 Å². The van der Waals surface area contributed by atoms with E-state index in [4.69, 9.17) is 4.99 Å². The van der Waals surface area contributed by atoms with Crippen molar-refractivity contribution in [1.82, 2.24) is 0 Å². The molecule has 1 nitrogen and oxygen atoms in total. The van der Waals surface area contributed by atoms with E-state index in [1.807, 2.05) is 0 Å². The Balaban J connectivity index is 0.00000144. The number of nitrogens with zero attached hydrogens (tertiary/aromatic N) is 1. The van der Waals surface area contributed by atoms with Gasteiger partial charge in [0.05, 0.1) is 5.69 Å². The normalized spacial score (nSPS) is 22.8. The molecule has 0 bridgehead atoms. The van der Waals surface area contributed by atoms with Gasteiger partial charge < -0.3 is 5.92 Å². The number of rotatable bonds is 2. The first-order chi connectivity index (χ1) is 7.70. The number of aliphatic imine (C=N–C) groups is 1. The molecule has 0 aromatic heterocycles. The van der Waals surface area contributed by atoms with Crippen LogP contribution in [0.15, 0.2) is 29.3 Å². The molecule has 1 aromatic rings. The van der Waals surface area contributed by atoms with Gasteiger partial charge in [-0.05, 0) is 30.2 Å². The second kappa shape index (κ2) is 7.11. The Kier molecular flexibility index (Phi) is 6.47. The summed E-state index contributed by atoms with van der Waals surface area (Å²) in [6, 6.07) is 8.48. The average Bonchev–Trinajstić information content (AvgIpc) is 2.59. The number of aryl methyl sites for hydroxylation is 1. The number of hydrogen-bond acceptors (Lipinski definition) is 1. The first-order valence-corrected chi connectivity index (χ1v) is 6.17. The third-order valence-electron chi connectivity index (χ3n) is 3.52. The summed E-state index contributed by atoms with van der Waals surface area (Å²) in [6.07, 6.45) is 3.30. The predicted molar refractivity (Wildman–Crippen MR) is 70.2 cm³/mol. The Hall–Kier alpha value is 0.409. The summed E-state index contributed by atoms with van der Waals surface area (Å²) in [7, 11) is 0. The van der Waals surface area contributed by atoms with Crippen LogP contribution in [0, 0.1) is 58.8 Å². The Labute approximate surface area is 143 Å². The van der Waals surface area contributed by atoms with Crippen LogP contribution in [-0.4, -0.2) is 5.71 Å². The molecule has 0 radical (unpaired) electrons. The first-order valence-electron chi connectivity index (χ1n) is 6.17. The molecule has 1 atom stereocenters. The molecule has 0 saturated heterocycles. The maximum atomic E-state index is 4.83. The molecule has 1 saturated carbocycles. The Morgan fingerprint density at radius 3 is 2.65 bits per heavy atom. The van der Waals surface area contributed by atoms with Crippen LogP contribution in [0.4, 0.5) is 5.69 Å². The molecule has 1 aromatic carbocycles. The van der Waals surface area contributed by atoms with Crippen LogP contribution in [0.1, 0.15) is 39.2 Å². The van der Waals surface area contributed by atoms with Gasteiger partial charge in [-0.2, -0.15) is 12.8 Å². The van der Waals surface area contributed by atoms with E-state index in [2.05, 4.69) is 45.0 Å². The van der Waals surface area contributed by atoms with Gasteiger partial charge in [-0.3, -0.25) is 4.99 Å². The van der Waals surface area contributed by atoms with Gasteiger partial charge in [0, 0.05) is 46.9 Å². The Bertz CT molecular complexity index is 386.